The Labute approximate surface area is 131 Å². The van der Waals surface area contributed by atoms with Crippen LogP contribution in [-0.2, 0) is 11.3 Å². The summed E-state index contributed by atoms with van der Waals surface area (Å²) in [5.41, 5.74) is 2.87. The first-order chi connectivity index (χ1) is 10.4. The lowest BCUT2D eigenvalue weighted by Gasteiger charge is -2.33. The van der Waals surface area contributed by atoms with Crippen LogP contribution in [-0.4, -0.2) is 40.9 Å². The fourth-order valence-corrected chi connectivity index (χ4v) is 2.39. The third-order valence-corrected chi connectivity index (χ3v) is 3.70. The SMILES string of the molecule is C=C1CN(C(=O)Nc2ccc(CN(C(C)=O)C(C)C)cc2)C1. The van der Waals surface area contributed by atoms with E-state index in [-0.39, 0.29) is 18.0 Å². The Morgan fingerprint density at radius 3 is 2.32 bits per heavy atom. The molecule has 1 aromatic rings. The Morgan fingerprint density at radius 1 is 1.27 bits per heavy atom. The number of rotatable bonds is 4. The number of amides is 3. The first-order valence-corrected chi connectivity index (χ1v) is 7.45. The summed E-state index contributed by atoms with van der Waals surface area (Å²) in [7, 11) is 0. The Hall–Kier alpha value is -2.30. The van der Waals surface area contributed by atoms with Gasteiger partial charge in [0.15, 0.2) is 0 Å². The van der Waals surface area contributed by atoms with Crippen molar-refractivity contribution in [2.45, 2.75) is 33.4 Å². The number of hydrogen-bond acceptors (Lipinski definition) is 2. The largest absolute Gasteiger partial charge is 0.336 e. The fourth-order valence-electron chi connectivity index (χ4n) is 2.39. The highest BCUT2D eigenvalue weighted by Gasteiger charge is 2.23. The van der Waals surface area contributed by atoms with Crippen LogP contribution in [0.25, 0.3) is 0 Å². The van der Waals surface area contributed by atoms with Crippen LogP contribution in [0.2, 0.25) is 0 Å². The molecule has 0 aromatic heterocycles. The van der Waals surface area contributed by atoms with Gasteiger partial charge in [0.2, 0.25) is 5.91 Å². The molecule has 5 nitrogen and oxygen atoms in total. The van der Waals surface area contributed by atoms with Crippen LogP contribution in [0.4, 0.5) is 10.5 Å². The van der Waals surface area contributed by atoms with Gasteiger partial charge in [-0.1, -0.05) is 18.7 Å². The number of anilines is 1. The molecule has 2 rings (SSSR count). The Kier molecular flexibility index (Phi) is 4.85. The van der Waals surface area contributed by atoms with Gasteiger partial charge in [-0.15, -0.1) is 0 Å². The summed E-state index contributed by atoms with van der Waals surface area (Å²) in [5.74, 6) is 0.0605. The lowest BCUT2D eigenvalue weighted by atomic mass is 10.1. The van der Waals surface area contributed by atoms with E-state index in [0.717, 1.165) is 16.8 Å². The number of urea groups is 1. The molecule has 118 valence electrons. The van der Waals surface area contributed by atoms with Crippen molar-refractivity contribution >= 4 is 17.6 Å². The van der Waals surface area contributed by atoms with Gasteiger partial charge in [-0.2, -0.15) is 0 Å². The molecule has 1 aliphatic heterocycles. The van der Waals surface area contributed by atoms with Crippen molar-refractivity contribution in [3.8, 4) is 0 Å². The Bertz CT molecular complexity index is 570. The molecule has 1 N–H and O–H groups in total. The third kappa shape index (κ3) is 3.87. The molecular weight excluding hydrogens is 278 g/mol. The molecule has 1 aliphatic rings. The average molecular weight is 301 g/mol. The van der Waals surface area contributed by atoms with E-state index in [1.54, 1.807) is 16.7 Å². The van der Waals surface area contributed by atoms with Crippen molar-refractivity contribution in [2.75, 3.05) is 18.4 Å². The highest BCUT2D eigenvalue weighted by molar-refractivity contribution is 5.90. The molecule has 0 spiro atoms. The predicted molar refractivity (Wildman–Crippen MR) is 87.5 cm³/mol. The molecule has 0 aliphatic carbocycles. The van der Waals surface area contributed by atoms with Crippen molar-refractivity contribution in [1.82, 2.24) is 9.80 Å². The molecule has 1 saturated heterocycles. The van der Waals surface area contributed by atoms with Gasteiger partial charge in [-0.3, -0.25) is 4.79 Å². The van der Waals surface area contributed by atoms with E-state index < -0.39 is 0 Å². The second-order valence-electron chi connectivity index (χ2n) is 5.97. The van der Waals surface area contributed by atoms with Gasteiger partial charge in [-0.25, -0.2) is 4.79 Å². The van der Waals surface area contributed by atoms with Crippen molar-refractivity contribution in [3.05, 3.63) is 42.0 Å². The lowest BCUT2D eigenvalue weighted by Crippen LogP contribution is -2.46. The second-order valence-corrected chi connectivity index (χ2v) is 5.97. The molecule has 1 aromatic carbocycles. The number of likely N-dealkylation sites (tertiary alicyclic amines) is 1. The van der Waals surface area contributed by atoms with E-state index in [9.17, 15) is 9.59 Å². The number of benzene rings is 1. The molecule has 1 heterocycles. The molecule has 5 heteroatoms. The predicted octanol–water partition coefficient (Wildman–Crippen LogP) is 2.85. The maximum Gasteiger partial charge on any atom is 0.322 e. The summed E-state index contributed by atoms with van der Waals surface area (Å²) in [6.45, 7) is 11.2. The third-order valence-electron chi connectivity index (χ3n) is 3.70. The summed E-state index contributed by atoms with van der Waals surface area (Å²) >= 11 is 0. The summed E-state index contributed by atoms with van der Waals surface area (Å²) in [6, 6.07) is 7.65. The van der Waals surface area contributed by atoms with Gasteiger partial charge in [-0.05, 0) is 37.1 Å². The van der Waals surface area contributed by atoms with Crippen molar-refractivity contribution in [2.24, 2.45) is 0 Å². The summed E-state index contributed by atoms with van der Waals surface area (Å²) < 4.78 is 0. The van der Waals surface area contributed by atoms with Crippen LogP contribution in [0.5, 0.6) is 0 Å². The number of nitrogens with zero attached hydrogens (tertiary/aromatic N) is 2. The Morgan fingerprint density at radius 2 is 1.86 bits per heavy atom. The van der Waals surface area contributed by atoms with Gasteiger partial charge < -0.3 is 15.1 Å². The topological polar surface area (TPSA) is 52.7 Å². The van der Waals surface area contributed by atoms with E-state index in [1.807, 2.05) is 38.1 Å². The molecule has 3 amide bonds. The fraction of sp³-hybridized carbons (Fsp3) is 0.412. The Balaban J connectivity index is 1.93. The minimum atomic E-state index is -0.104. The molecule has 0 unspecified atom stereocenters. The monoisotopic (exact) mass is 301 g/mol. The van der Waals surface area contributed by atoms with E-state index in [0.29, 0.717) is 19.6 Å². The van der Waals surface area contributed by atoms with Crippen LogP contribution in [0.1, 0.15) is 26.3 Å². The van der Waals surface area contributed by atoms with Gasteiger partial charge in [0, 0.05) is 38.3 Å². The first-order valence-electron chi connectivity index (χ1n) is 7.45. The smallest absolute Gasteiger partial charge is 0.322 e. The number of hydrogen-bond donors (Lipinski definition) is 1. The first kappa shape index (κ1) is 16.1. The van der Waals surface area contributed by atoms with Crippen LogP contribution >= 0.6 is 0 Å². The maximum atomic E-state index is 11.9. The highest BCUT2D eigenvalue weighted by atomic mass is 16.2. The van der Waals surface area contributed by atoms with E-state index in [2.05, 4.69) is 11.9 Å². The molecular formula is C17H23N3O2. The van der Waals surface area contributed by atoms with Crippen LogP contribution in [0.3, 0.4) is 0 Å². The van der Waals surface area contributed by atoms with Crippen molar-refractivity contribution in [1.29, 1.82) is 0 Å². The van der Waals surface area contributed by atoms with E-state index in [4.69, 9.17) is 0 Å². The zero-order chi connectivity index (χ0) is 16.3. The molecule has 22 heavy (non-hydrogen) atoms. The number of carbonyl (C=O) groups excluding carboxylic acids is 2. The van der Waals surface area contributed by atoms with E-state index in [1.165, 1.54) is 0 Å². The maximum absolute atomic E-state index is 11.9. The highest BCUT2D eigenvalue weighted by Crippen LogP contribution is 2.16. The summed E-state index contributed by atoms with van der Waals surface area (Å²) in [4.78, 5) is 27.0. The van der Waals surface area contributed by atoms with Gasteiger partial charge in [0.1, 0.15) is 0 Å². The minimum absolute atomic E-state index is 0.0605. The number of nitrogens with one attached hydrogen (secondary N) is 1. The van der Waals surface area contributed by atoms with Crippen LogP contribution < -0.4 is 5.32 Å². The van der Waals surface area contributed by atoms with Gasteiger partial charge in [0.05, 0.1) is 0 Å². The molecule has 0 saturated carbocycles. The van der Waals surface area contributed by atoms with Crippen LogP contribution in [0, 0.1) is 0 Å². The average Bonchev–Trinajstić information content (AvgIpc) is 2.42. The molecule has 0 radical (unpaired) electrons. The molecule has 0 atom stereocenters. The summed E-state index contributed by atoms with van der Waals surface area (Å²) in [5, 5.41) is 2.86. The van der Waals surface area contributed by atoms with Crippen molar-refractivity contribution < 1.29 is 9.59 Å². The number of carbonyl (C=O) groups is 2. The minimum Gasteiger partial charge on any atom is -0.336 e. The zero-order valence-electron chi connectivity index (χ0n) is 13.4. The second kappa shape index (κ2) is 6.64. The lowest BCUT2D eigenvalue weighted by molar-refractivity contribution is -0.131. The van der Waals surface area contributed by atoms with Crippen molar-refractivity contribution in [3.63, 3.8) is 0 Å². The molecule has 1 fully saturated rings. The zero-order valence-corrected chi connectivity index (χ0v) is 13.4. The van der Waals surface area contributed by atoms with Gasteiger partial charge in [0.25, 0.3) is 0 Å². The molecule has 0 bridgehead atoms. The van der Waals surface area contributed by atoms with Gasteiger partial charge >= 0.3 is 6.03 Å². The van der Waals surface area contributed by atoms with E-state index >= 15 is 0 Å². The normalized spacial score (nSPS) is 13.8. The standard InChI is InChI=1S/C17H23N3O2/c1-12(2)20(14(4)21)11-15-5-7-16(8-6-15)18-17(22)19-9-13(3)10-19/h5-8,12H,3,9-11H2,1-2,4H3,(H,18,22). The quantitative estimate of drug-likeness (QED) is 0.869. The van der Waals surface area contributed by atoms with Crippen LogP contribution in [0.15, 0.2) is 36.4 Å². The summed E-state index contributed by atoms with van der Waals surface area (Å²) in [6.07, 6.45) is 0.